The van der Waals surface area contributed by atoms with Gasteiger partial charge in [-0.1, -0.05) is 18.2 Å². The number of esters is 1. The molecule has 2 rings (SSSR count). The first kappa shape index (κ1) is 19.9. The van der Waals surface area contributed by atoms with Crippen LogP contribution in [-0.2, 0) is 9.47 Å². The molecule has 0 aromatic heterocycles. The number of aliphatic hydroxyl groups is 1. The second-order valence-corrected chi connectivity index (χ2v) is 8.15. The van der Waals surface area contributed by atoms with Crippen LogP contribution in [0.4, 0.5) is 0 Å². The zero-order chi connectivity index (χ0) is 18.7. The standard InChI is InChI=1S/C20H31NO4/c1-19(2)11-17(25-18(23)15-9-7-6-8-10-15)12-20(3,4)21(19)13-16(22)14-24-5/h6-10,16-17,22H,11-14H2,1-5H3. The van der Waals surface area contributed by atoms with Gasteiger partial charge in [-0.05, 0) is 39.8 Å². The molecule has 0 amide bonds. The lowest BCUT2D eigenvalue weighted by atomic mass is 9.77. The zero-order valence-corrected chi connectivity index (χ0v) is 16.0. The molecule has 1 aliphatic heterocycles. The quantitative estimate of drug-likeness (QED) is 0.800. The number of nitrogens with zero attached hydrogens (tertiary/aromatic N) is 1. The smallest absolute Gasteiger partial charge is 0.338 e. The van der Waals surface area contributed by atoms with Crippen molar-refractivity contribution >= 4 is 5.97 Å². The van der Waals surface area contributed by atoms with E-state index in [1.54, 1.807) is 19.2 Å². The number of carbonyl (C=O) groups excluding carboxylic acids is 1. The lowest BCUT2D eigenvalue weighted by molar-refractivity contribution is -0.106. The maximum absolute atomic E-state index is 12.4. The van der Waals surface area contributed by atoms with Gasteiger partial charge in [-0.2, -0.15) is 0 Å². The van der Waals surface area contributed by atoms with Crippen molar-refractivity contribution in [3.05, 3.63) is 35.9 Å². The summed E-state index contributed by atoms with van der Waals surface area (Å²) in [6, 6.07) is 9.10. The molecule has 0 saturated carbocycles. The van der Waals surface area contributed by atoms with Gasteiger partial charge in [0.05, 0.1) is 18.3 Å². The highest BCUT2D eigenvalue weighted by atomic mass is 16.5. The Bertz CT molecular complexity index is 552. The fraction of sp³-hybridized carbons (Fsp3) is 0.650. The van der Waals surface area contributed by atoms with E-state index in [0.717, 1.165) is 12.8 Å². The Hall–Kier alpha value is -1.43. The number of likely N-dealkylation sites (tertiary alicyclic amines) is 1. The molecule has 140 valence electrons. The van der Waals surface area contributed by atoms with Gasteiger partial charge in [-0.15, -0.1) is 0 Å². The molecule has 1 aromatic rings. The average molecular weight is 349 g/mol. The first-order valence-corrected chi connectivity index (χ1v) is 8.86. The lowest BCUT2D eigenvalue weighted by Crippen LogP contribution is -2.64. The average Bonchev–Trinajstić information content (AvgIpc) is 2.51. The molecule has 0 aliphatic carbocycles. The molecule has 1 unspecified atom stereocenters. The summed E-state index contributed by atoms with van der Waals surface area (Å²) in [7, 11) is 1.59. The van der Waals surface area contributed by atoms with Crippen molar-refractivity contribution < 1.29 is 19.4 Å². The first-order valence-electron chi connectivity index (χ1n) is 8.86. The number of benzene rings is 1. The molecule has 0 bridgehead atoms. The third-order valence-corrected chi connectivity index (χ3v) is 4.95. The SMILES string of the molecule is COCC(O)CN1C(C)(C)CC(OC(=O)c2ccccc2)CC1(C)C. The van der Waals surface area contributed by atoms with E-state index in [2.05, 4.69) is 32.6 Å². The van der Waals surface area contributed by atoms with Gasteiger partial charge >= 0.3 is 5.97 Å². The molecule has 5 heteroatoms. The van der Waals surface area contributed by atoms with Crippen LogP contribution in [0.15, 0.2) is 30.3 Å². The molecule has 1 fully saturated rings. The normalized spacial score (nSPS) is 21.7. The predicted molar refractivity (Wildman–Crippen MR) is 97.6 cm³/mol. The van der Waals surface area contributed by atoms with Crippen LogP contribution >= 0.6 is 0 Å². The van der Waals surface area contributed by atoms with Gasteiger partial charge in [0.2, 0.25) is 0 Å². The maximum atomic E-state index is 12.4. The summed E-state index contributed by atoms with van der Waals surface area (Å²) in [5.74, 6) is -0.273. The van der Waals surface area contributed by atoms with E-state index in [0.29, 0.717) is 18.7 Å². The number of methoxy groups -OCH3 is 1. The number of ether oxygens (including phenoxy) is 2. The van der Waals surface area contributed by atoms with Crippen molar-refractivity contribution in [2.75, 3.05) is 20.3 Å². The Morgan fingerprint density at radius 3 is 2.28 bits per heavy atom. The largest absolute Gasteiger partial charge is 0.459 e. The molecule has 1 heterocycles. The van der Waals surface area contributed by atoms with E-state index in [4.69, 9.17) is 9.47 Å². The molecule has 1 aliphatic rings. The molecule has 25 heavy (non-hydrogen) atoms. The number of piperidine rings is 1. The fourth-order valence-electron chi connectivity index (χ4n) is 4.05. The minimum absolute atomic E-state index is 0.145. The third kappa shape index (κ3) is 5.03. The molecular weight excluding hydrogens is 318 g/mol. The monoisotopic (exact) mass is 349 g/mol. The van der Waals surface area contributed by atoms with Gasteiger partial charge < -0.3 is 14.6 Å². The Labute approximate surface area is 150 Å². The molecule has 1 aromatic carbocycles. The fourth-order valence-corrected chi connectivity index (χ4v) is 4.05. The van der Waals surface area contributed by atoms with E-state index in [9.17, 15) is 9.90 Å². The Morgan fingerprint density at radius 1 is 1.20 bits per heavy atom. The summed E-state index contributed by atoms with van der Waals surface area (Å²) in [5, 5.41) is 10.2. The second-order valence-electron chi connectivity index (χ2n) is 8.15. The van der Waals surface area contributed by atoms with Gasteiger partial charge in [-0.25, -0.2) is 4.79 Å². The van der Waals surface area contributed by atoms with E-state index < -0.39 is 6.10 Å². The molecule has 5 nitrogen and oxygen atoms in total. The van der Waals surface area contributed by atoms with Gasteiger partial charge in [0.1, 0.15) is 6.10 Å². The van der Waals surface area contributed by atoms with Gasteiger partial charge in [0.15, 0.2) is 0 Å². The summed E-state index contributed by atoms with van der Waals surface area (Å²) in [6.45, 7) is 9.39. The number of hydrogen-bond donors (Lipinski definition) is 1. The van der Waals surface area contributed by atoms with Crippen molar-refractivity contribution in [2.45, 2.75) is 63.8 Å². The van der Waals surface area contributed by atoms with Crippen molar-refractivity contribution in [3.63, 3.8) is 0 Å². The van der Waals surface area contributed by atoms with Gasteiger partial charge in [-0.3, -0.25) is 4.90 Å². The predicted octanol–water partition coefficient (Wildman–Crippen LogP) is 2.87. The van der Waals surface area contributed by atoms with Crippen molar-refractivity contribution in [1.82, 2.24) is 4.90 Å². The zero-order valence-electron chi connectivity index (χ0n) is 16.0. The van der Waals surface area contributed by atoms with Crippen LogP contribution in [0.25, 0.3) is 0 Å². The highest BCUT2D eigenvalue weighted by Crippen LogP contribution is 2.39. The summed E-state index contributed by atoms with van der Waals surface area (Å²) in [6.07, 6.45) is 0.782. The van der Waals surface area contributed by atoms with Crippen molar-refractivity contribution in [2.24, 2.45) is 0 Å². The first-order chi connectivity index (χ1) is 11.7. The highest BCUT2D eigenvalue weighted by Gasteiger charge is 2.47. The maximum Gasteiger partial charge on any atom is 0.338 e. The van der Waals surface area contributed by atoms with Crippen LogP contribution in [-0.4, -0.2) is 59.5 Å². The molecule has 1 atom stereocenters. The topological polar surface area (TPSA) is 59.0 Å². The van der Waals surface area contributed by atoms with Crippen LogP contribution in [0.5, 0.6) is 0 Å². The third-order valence-electron chi connectivity index (χ3n) is 4.95. The van der Waals surface area contributed by atoms with Crippen molar-refractivity contribution in [1.29, 1.82) is 0 Å². The second kappa shape index (κ2) is 7.85. The van der Waals surface area contributed by atoms with Crippen molar-refractivity contribution in [3.8, 4) is 0 Å². The number of carbonyl (C=O) groups is 1. The minimum atomic E-state index is -0.535. The molecular formula is C20H31NO4. The summed E-state index contributed by atoms with van der Waals surface area (Å²) < 4.78 is 10.9. The molecule has 1 saturated heterocycles. The lowest BCUT2D eigenvalue weighted by Gasteiger charge is -2.55. The Kier molecular flexibility index (Phi) is 6.25. The Morgan fingerprint density at radius 2 is 1.76 bits per heavy atom. The number of hydrogen-bond acceptors (Lipinski definition) is 5. The minimum Gasteiger partial charge on any atom is -0.459 e. The van der Waals surface area contributed by atoms with Crippen LogP contribution in [0, 0.1) is 0 Å². The van der Waals surface area contributed by atoms with Gasteiger partial charge in [0.25, 0.3) is 0 Å². The number of aliphatic hydroxyl groups excluding tert-OH is 1. The van der Waals surface area contributed by atoms with E-state index in [1.165, 1.54) is 0 Å². The highest BCUT2D eigenvalue weighted by molar-refractivity contribution is 5.89. The molecule has 1 N–H and O–H groups in total. The number of rotatable bonds is 6. The molecule has 0 radical (unpaired) electrons. The number of β-amino-alcohol motifs (C(OH)–C–C–N with tert-alkyl or cyclic N) is 1. The van der Waals surface area contributed by atoms with Crippen LogP contribution in [0.1, 0.15) is 50.9 Å². The van der Waals surface area contributed by atoms with Crippen LogP contribution < -0.4 is 0 Å². The van der Waals surface area contributed by atoms with E-state index >= 15 is 0 Å². The summed E-state index contributed by atoms with van der Waals surface area (Å²) >= 11 is 0. The summed E-state index contributed by atoms with van der Waals surface area (Å²) in [5.41, 5.74) is 0.187. The van der Waals surface area contributed by atoms with Crippen LogP contribution in [0.2, 0.25) is 0 Å². The van der Waals surface area contributed by atoms with E-state index in [-0.39, 0.29) is 23.2 Å². The Balaban J connectivity index is 2.08. The van der Waals surface area contributed by atoms with E-state index in [1.807, 2.05) is 18.2 Å². The van der Waals surface area contributed by atoms with Crippen LogP contribution in [0.3, 0.4) is 0 Å². The summed E-state index contributed by atoms with van der Waals surface area (Å²) in [4.78, 5) is 14.7. The van der Waals surface area contributed by atoms with Gasteiger partial charge in [0, 0.05) is 37.6 Å². The molecule has 0 spiro atoms.